The van der Waals surface area contributed by atoms with Crippen LogP contribution in [0, 0.1) is 5.92 Å². The summed E-state index contributed by atoms with van der Waals surface area (Å²) in [6.45, 7) is 2.17. The molecule has 0 unspecified atom stereocenters. The number of nitrogens with zero attached hydrogens (tertiary/aromatic N) is 3. The standard InChI is InChI=1S/C18H23N3O3/c1-24-17-5-3-2-4-15(17)18-19-8-13(9-20-18)10-21-7-6-14(12-22)16(23)11-21/h2-5,8-9,14,16,22-23H,6-7,10-12H2,1H3/t14-,16-/m1/s1. The maximum Gasteiger partial charge on any atom is 0.162 e. The molecule has 0 spiro atoms. The maximum absolute atomic E-state index is 10.0. The third kappa shape index (κ3) is 3.72. The number of methoxy groups -OCH3 is 1. The molecule has 2 N–H and O–H groups in total. The second kappa shape index (κ2) is 7.70. The van der Waals surface area contributed by atoms with E-state index in [1.54, 1.807) is 7.11 Å². The van der Waals surface area contributed by atoms with E-state index in [4.69, 9.17) is 4.74 Å². The van der Waals surface area contributed by atoms with Crippen LogP contribution in [0.1, 0.15) is 12.0 Å². The smallest absolute Gasteiger partial charge is 0.162 e. The maximum atomic E-state index is 10.0. The summed E-state index contributed by atoms with van der Waals surface area (Å²) >= 11 is 0. The quantitative estimate of drug-likeness (QED) is 0.861. The molecule has 1 fully saturated rings. The Hall–Kier alpha value is -2.02. The molecule has 2 heterocycles. The fourth-order valence-electron chi connectivity index (χ4n) is 3.07. The van der Waals surface area contributed by atoms with Crippen LogP contribution >= 0.6 is 0 Å². The minimum absolute atomic E-state index is 0.00887. The van der Waals surface area contributed by atoms with Gasteiger partial charge in [-0.2, -0.15) is 0 Å². The van der Waals surface area contributed by atoms with E-state index in [9.17, 15) is 10.2 Å². The molecule has 6 nitrogen and oxygen atoms in total. The average Bonchev–Trinajstić information content (AvgIpc) is 2.62. The van der Waals surface area contributed by atoms with Crippen molar-refractivity contribution in [1.82, 2.24) is 14.9 Å². The number of aliphatic hydroxyl groups is 2. The summed E-state index contributed by atoms with van der Waals surface area (Å²) in [6.07, 6.45) is 3.97. The highest BCUT2D eigenvalue weighted by molar-refractivity contribution is 5.63. The van der Waals surface area contributed by atoms with Gasteiger partial charge in [-0.05, 0) is 25.1 Å². The first-order chi connectivity index (χ1) is 11.7. The zero-order valence-corrected chi connectivity index (χ0v) is 13.8. The highest BCUT2D eigenvalue weighted by Gasteiger charge is 2.27. The molecule has 2 atom stereocenters. The predicted octanol–water partition coefficient (Wildman–Crippen LogP) is 1.33. The number of ether oxygens (including phenoxy) is 1. The zero-order chi connectivity index (χ0) is 16.9. The van der Waals surface area contributed by atoms with Crippen molar-refractivity contribution in [3.63, 3.8) is 0 Å². The number of rotatable bonds is 5. The van der Waals surface area contributed by atoms with Crippen LogP contribution in [-0.4, -0.2) is 58.0 Å². The van der Waals surface area contributed by atoms with Crippen LogP contribution < -0.4 is 4.74 Å². The Labute approximate surface area is 141 Å². The summed E-state index contributed by atoms with van der Waals surface area (Å²) in [5, 5.41) is 19.2. The third-order valence-electron chi connectivity index (χ3n) is 4.50. The minimum atomic E-state index is -0.475. The van der Waals surface area contributed by atoms with Crippen molar-refractivity contribution < 1.29 is 14.9 Å². The van der Waals surface area contributed by atoms with Gasteiger partial charge in [-0.25, -0.2) is 9.97 Å². The number of hydrogen-bond donors (Lipinski definition) is 2. The van der Waals surface area contributed by atoms with Crippen LogP contribution in [-0.2, 0) is 6.54 Å². The van der Waals surface area contributed by atoms with Crippen molar-refractivity contribution >= 4 is 0 Å². The van der Waals surface area contributed by atoms with Gasteiger partial charge in [0.05, 0.1) is 18.8 Å². The Morgan fingerprint density at radius 1 is 1.25 bits per heavy atom. The Morgan fingerprint density at radius 3 is 2.67 bits per heavy atom. The summed E-state index contributed by atoms with van der Waals surface area (Å²) < 4.78 is 5.35. The number of hydrogen-bond acceptors (Lipinski definition) is 6. The lowest BCUT2D eigenvalue weighted by Gasteiger charge is -2.34. The number of β-amino-alcohol motifs (C(OH)–C–C–N with tert-alkyl or cyclic N) is 1. The fraction of sp³-hybridized carbons (Fsp3) is 0.444. The molecule has 0 amide bonds. The summed E-state index contributed by atoms with van der Waals surface area (Å²) in [5.41, 5.74) is 1.87. The molecule has 0 bridgehead atoms. The van der Waals surface area contributed by atoms with Gasteiger partial charge in [-0.1, -0.05) is 12.1 Å². The molecule has 1 aromatic heterocycles. The Kier molecular flexibility index (Phi) is 5.40. The lowest BCUT2D eigenvalue weighted by Crippen LogP contribution is -2.44. The summed E-state index contributed by atoms with van der Waals surface area (Å²) in [5.74, 6) is 1.38. The van der Waals surface area contributed by atoms with Crippen molar-refractivity contribution in [2.24, 2.45) is 5.92 Å². The van der Waals surface area contributed by atoms with Gasteiger partial charge in [-0.15, -0.1) is 0 Å². The van der Waals surface area contributed by atoms with E-state index in [0.717, 1.165) is 29.8 Å². The Morgan fingerprint density at radius 2 is 2.00 bits per heavy atom. The summed E-state index contributed by atoms with van der Waals surface area (Å²) in [7, 11) is 1.63. The monoisotopic (exact) mass is 329 g/mol. The molecule has 2 aromatic rings. The zero-order valence-electron chi connectivity index (χ0n) is 13.8. The molecular weight excluding hydrogens is 306 g/mol. The van der Waals surface area contributed by atoms with Gasteiger partial charge in [0.25, 0.3) is 0 Å². The summed E-state index contributed by atoms with van der Waals surface area (Å²) in [6, 6.07) is 7.67. The highest BCUT2D eigenvalue weighted by Crippen LogP contribution is 2.26. The molecule has 0 aliphatic carbocycles. The van der Waals surface area contributed by atoms with Gasteiger partial charge in [0, 0.05) is 43.6 Å². The molecule has 1 aliphatic heterocycles. The molecular formula is C18H23N3O3. The van der Waals surface area contributed by atoms with E-state index in [-0.39, 0.29) is 12.5 Å². The van der Waals surface area contributed by atoms with E-state index in [1.807, 2.05) is 36.7 Å². The van der Waals surface area contributed by atoms with Crippen LogP contribution in [0.2, 0.25) is 0 Å². The number of likely N-dealkylation sites (tertiary alicyclic amines) is 1. The molecule has 3 rings (SSSR count). The van der Waals surface area contributed by atoms with Crippen LogP contribution in [0.15, 0.2) is 36.7 Å². The number of piperidine rings is 1. The molecule has 1 aromatic carbocycles. The van der Waals surface area contributed by atoms with Crippen molar-refractivity contribution in [3.05, 3.63) is 42.2 Å². The number of aliphatic hydroxyl groups excluding tert-OH is 2. The van der Waals surface area contributed by atoms with Gasteiger partial charge in [-0.3, -0.25) is 4.90 Å². The van der Waals surface area contributed by atoms with Crippen molar-refractivity contribution in [1.29, 1.82) is 0 Å². The minimum Gasteiger partial charge on any atom is -0.496 e. The van der Waals surface area contributed by atoms with Crippen LogP contribution in [0.5, 0.6) is 5.75 Å². The Balaban J connectivity index is 1.67. The van der Waals surface area contributed by atoms with Gasteiger partial charge >= 0.3 is 0 Å². The lowest BCUT2D eigenvalue weighted by molar-refractivity contribution is -0.00449. The van der Waals surface area contributed by atoms with Crippen LogP contribution in [0.3, 0.4) is 0 Å². The molecule has 0 saturated carbocycles. The van der Waals surface area contributed by atoms with E-state index < -0.39 is 6.10 Å². The number of benzene rings is 1. The van der Waals surface area contributed by atoms with Crippen molar-refractivity contribution in [2.45, 2.75) is 19.1 Å². The third-order valence-corrected chi connectivity index (χ3v) is 4.50. The largest absolute Gasteiger partial charge is 0.496 e. The normalized spacial score (nSPS) is 21.6. The first kappa shape index (κ1) is 16.8. The second-order valence-electron chi connectivity index (χ2n) is 6.15. The topological polar surface area (TPSA) is 78.7 Å². The van der Waals surface area contributed by atoms with Crippen LogP contribution in [0.4, 0.5) is 0 Å². The molecule has 24 heavy (non-hydrogen) atoms. The van der Waals surface area contributed by atoms with Crippen molar-refractivity contribution in [2.75, 3.05) is 26.8 Å². The number of para-hydroxylation sites is 1. The van der Waals surface area contributed by atoms with E-state index in [1.165, 1.54) is 0 Å². The predicted molar refractivity (Wildman–Crippen MR) is 90.5 cm³/mol. The van der Waals surface area contributed by atoms with E-state index in [2.05, 4.69) is 14.9 Å². The molecule has 128 valence electrons. The summed E-state index contributed by atoms with van der Waals surface area (Å²) in [4.78, 5) is 11.1. The average molecular weight is 329 g/mol. The van der Waals surface area contributed by atoms with E-state index >= 15 is 0 Å². The molecule has 1 aliphatic rings. The molecule has 6 heteroatoms. The van der Waals surface area contributed by atoms with Gasteiger partial charge < -0.3 is 14.9 Å². The fourth-order valence-corrected chi connectivity index (χ4v) is 3.07. The molecule has 0 radical (unpaired) electrons. The lowest BCUT2D eigenvalue weighted by atomic mass is 9.94. The SMILES string of the molecule is COc1ccccc1-c1ncc(CN2CC[C@H](CO)[C@H](O)C2)cn1. The van der Waals surface area contributed by atoms with Gasteiger partial charge in [0.15, 0.2) is 5.82 Å². The Bertz CT molecular complexity index is 663. The number of aromatic nitrogens is 2. The van der Waals surface area contributed by atoms with Crippen LogP contribution in [0.25, 0.3) is 11.4 Å². The first-order valence-electron chi connectivity index (χ1n) is 8.17. The first-order valence-corrected chi connectivity index (χ1v) is 8.17. The van der Waals surface area contributed by atoms with Gasteiger partial charge in [0.1, 0.15) is 5.75 Å². The van der Waals surface area contributed by atoms with Crippen molar-refractivity contribution in [3.8, 4) is 17.1 Å². The van der Waals surface area contributed by atoms with E-state index in [0.29, 0.717) is 18.9 Å². The highest BCUT2D eigenvalue weighted by atomic mass is 16.5. The second-order valence-corrected chi connectivity index (χ2v) is 6.15. The van der Waals surface area contributed by atoms with Gasteiger partial charge in [0.2, 0.25) is 0 Å². The molecule has 1 saturated heterocycles.